The van der Waals surface area contributed by atoms with Gasteiger partial charge in [0.15, 0.2) is 0 Å². The van der Waals surface area contributed by atoms with E-state index in [1.807, 2.05) is 0 Å². The Morgan fingerprint density at radius 2 is 1.68 bits per heavy atom. The number of nitrogens with one attached hydrogen (secondary N) is 1. The molecular weight excluding hydrogens is 240 g/mol. The average Bonchev–Trinajstić information content (AvgIpc) is 2.42. The second-order valence-electron chi connectivity index (χ2n) is 5.18. The number of rotatable bonds is 14. The molecule has 1 unspecified atom stereocenters. The van der Waals surface area contributed by atoms with Crippen molar-refractivity contribution < 1.29 is 9.47 Å². The standard InChI is InChI=1S/C15H34N2O2/c1-5-9-16-15(2)8-6-10-17(12-14-19-4)11-7-13-18-3/h15-16H,5-14H2,1-4H3. The first-order chi connectivity index (χ1) is 9.24. The number of ether oxygens (including phenoxy) is 2. The van der Waals surface area contributed by atoms with Crippen LogP contribution < -0.4 is 5.32 Å². The number of hydrogen-bond acceptors (Lipinski definition) is 4. The summed E-state index contributed by atoms with van der Waals surface area (Å²) in [6, 6.07) is 0.628. The van der Waals surface area contributed by atoms with Crippen molar-refractivity contribution >= 4 is 0 Å². The smallest absolute Gasteiger partial charge is 0.0589 e. The fourth-order valence-corrected chi connectivity index (χ4v) is 2.10. The van der Waals surface area contributed by atoms with Gasteiger partial charge in [-0.1, -0.05) is 6.92 Å². The van der Waals surface area contributed by atoms with Gasteiger partial charge in [0.2, 0.25) is 0 Å². The first-order valence-corrected chi connectivity index (χ1v) is 7.68. The van der Waals surface area contributed by atoms with E-state index in [1.165, 1.54) is 19.3 Å². The Bertz CT molecular complexity index is 180. The Morgan fingerprint density at radius 3 is 2.32 bits per heavy atom. The van der Waals surface area contributed by atoms with Crippen LogP contribution >= 0.6 is 0 Å². The van der Waals surface area contributed by atoms with Crippen LogP contribution in [0.5, 0.6) is 0 Å². The molecule has 1 atom stereocenters. The van der Waals surface area contributed by atoms with Gasteiger partial charge < -0.3 is 19.7 Å². The average molecular weight is 274 g/mol. The molecule has 0 aromatic rings. The van der Waals surface area contributed by atoms with Gasteiger partial charge in [0.05, 0.1) is 6.61 Å². The lowest BCUT2D eigenvalue weighted by molar-refractivity contribution is 0.131. The zero-order chi connectivity index (χ0) is 14.3. The maximum absolute atomic E-state index is 5.17. The Hall–Kier alpha value is -0.160. The van der Waals surface area contributed by atoms with Gasteiger partial charge in [-0.3, -0.25) is 0 Å². The van der Waals surface area contributed by atoms with Gasteiger partial charge in [-0.15, -0.1) is 0 Å². The molecule has 4 heteroatoms. The fraction of sp³-hybridized carbons (Fsp3) is 1.00. The van der Waals surface area contributed by atoms with Gasteiger partial charge in [0, 0.05) is 40.0 Å². The van der Waals surface area contributed by atoms with Crippen molar-refractivity contribution in [2.45, 2.75) is 45.6 Å². The molecule has 0 aliphatic heterocycles. The van der Waals surface area contributed by atoms with Crippen LogP contribution in [0.4, 0.5) is 0 Å². The van der Waals surface area contributed by atoms with E-state index in [-0.39, 0.29) is 0 Å². The van der Waals surface area contributed by atoms with Gasteiger partial charge in [-0.05, 0) is 45.7 Å². The molecule has 4 nitrogen and oxygen atoms in total. The fourth-order valence-electron chi connectivity index (χ4n) is 2.10. The highest BCUT2D eigenvalue weighted by atomic mass is 16.5. The highest BCUT2D eigenvalue weighted by Crippen LogP contribution is 2.01. The zero-order valence-corrected chi connectivity index (χ0v) is 13.4. The Morgan fingerprint density at radius 1 is 1.00 bits per heavy atom. The molecule has 0 saturated carbocycles. The summed E-state index contributed by atoms with van der Waals surface area (Å²) >= 11 is 0. The predicted octanol–water partition coefficient (Wildman–Crippen LogP) is 2.14. The second kappa shape index (κ2) is 14.3. The van der Waals surface area contributed by atoms with Crippen LogP contribution in [0.3, 0.4) is 0 Å². The van der Waals surface area contributed by atoms with E-state index >= 15 is 0 Å². The highest BCUT2D eigenvalue weighted by molar-refractivity contribution is 4.64. The van der Waals surface area contributed by atoms with Gasteiger partial charge in [-0.2, -0.15) is 0 Å². The number of hydrogen-bond donors (Lipinski definition) is 1. The minimum Gasteiger partial charge on any atom is -0.385 e. The van der Waals surface area contributed by atoms with Crippen molar-refractivity contribution in [2.24, 2.45) is 0 Å². The van der Waals surface area contributed by atoms with Gasteiger partial charge >= 0.3 is 0 Å². The lowest BCUT2D eigenvalue weighted by Crippen LogP contribution is -2.32. The third-order valence-corrected chi connectivity index (χ3v) is 3.29. The van der Waals surface area contributed by atoms with Crippen LogP contribution in [0.25, 0.3) is 0 Å². The van der Waals surface area contributed by atoms with Crippen molar-refractivity contribution in [3.63, 3.8) is 0 Å². The molecule has 0 aromatic carbocycles. The SMILES string of the molecule is CCCNC(C)CCCN(CCCOC)CCOC. The predicted molar refractivity (Wildman–Crippen MR) is 81.8 cm³/mol. The van der Waals surface area contributed by atoms with Crippen molar-refractivity contribution in [1.29, 1.82) is 0 Å². The van der Waals surface area contributed by atoms with Crippen LogP contribution in [-0.2, 0) is 9.47 Å². The summed E-state index contributed by atoms with van der Waals surface area (Å²) < 4.78 is 10.3. The highest BCUT2D eigenvalue weighted by Gasteiger charge is 2.06. The van der Waals surface area contributed by atoms with Crippen LogP contribution in [0.1, 0.15) is 39.5 Å². The number of methoxy groups -OCH3 is 2. The molecule has 0 saturated heterocycles. The Balaban J connectivity index is 3.70. The minimum atomic E-state index is 0.628. The molecule has 0 spiro atoms. The van der Waals surface area contributed by atoms with E-state index in [0.29, 0.717) is 6.04 Å². The molecule has 0 radical (unpaired) electrons. The topological polar surface area (TPSA) is 33.7 Å². The van der Waals surface area contributed by atoms with E-state index < -0.39 is 0 Å². The molecule has 1 N–H and O–H groups in total. The summed E-state index contributed by atoms with van der Waals surface area (Å²) in [5, 5.41) is 3.54. The Labute approximate surface area is 119 Å². The normalized spacial score (nSPS) is 13.1. The van der Waals surface area contributed by atoms with Crippen molar-refractivity contribution in [2.75, 3.05) is 53.6 Å². The molecule has 0 rings (SSSR count). The first kappa shape index (κ1) is 18.8. The molecule has 0 aliphatic rings. The largest absolute Gasteiger partial charge is 0.385 e. The lowest BCUT2D eigenvalue weighted by atomic mass is 10.1. The van der Waals surface area contributed by atoms with Crippen LogP contribution in [0, 0.1) is 0 Å². The molecule has 19 heavy (non-hydrogen) atoms. The van der Waals surface area contributed by atoms with Crippen LogP contribution in [0.15, 0.2) is 0 Å². The number of nitrogens with zero attached hydrogens (tertiary/aromatic N) is 1. The maximum Gasteiger partial charge on any atom is 0.0589 e. The molecule has 0 bridgehead atoms. The molecule has 0 amide bonds. The summed E-state index contributed by atoms with van der Waals surface area (Å²) in [4.78, 5) is 2.48. The molecular formula is C15H34N2O2. The summed E-state index contributed by atoms with van der Waals surface area (Å²) in [6.45, 7) is 10.6. The van der Waals surface area contributed by atoms with Gasteiger partial charge in [-0.25, -0.2) is 0 Å². The summed E-state index contributed by atoms with van der Waals surface area (Å²) in [7, 11) is 3.53. The summed E-state index contributed by atoms with van der Waals surface area (Å²) in [5.74, 6) is 0. The monoisotopic (exact) mass is 274 g/mol. The Kier molecular flexibility index (Phi) is 14.1. The van der Waals surface area contributed by atoms with Crippen LogP contribution in [0.2, 0.25) is 0 Å². The van der Waals surface area contributed by atoms with Gasteiger partial charge in [0.25, 0.3) is 0 Å². The van der Waals surface area contributed by atoms with E-state index in [9.17, 15) is 0 Å². The molecule has 116 valence electrons. The maximum atomic E-state index is 5.17. The summed E-state index contributed by atoms with van der Waals surface area (Å²) in [5.41, 5.74) is 0. The quantitative estimate of drug-likeness (QED) is 0.492. The molecule has 0 aromatic heterocycles. The van der Waals surface area contributed by atoms with E-state index in [4.69, 9.17) is 9.47 Å². The zero-order valence-electron chi connectivity index (χ0n) is 13.4. The van der Waals surface area contributed by atoms with Crippen molar-refractivity contribution in [3.05, 3.63) is 0 Å². The molecule has 0 fully saturated rings. The first-order valence-electron chi connectivity index (χ1n) is 7.68. The van der Waals surface area contributed by atoms with Crippen LogP contribution in [-0.4, -0.2) is 64.6 Å². The van der Waals surface area contributed by atoms with E-state index in [2.05, 4.69) is 24.1 Å². The lowest BCUT2D eigenvalue weighted by Gasteiger charge is -2.22. The van der Waals surface area contributed by atoms with E-state index in [0.717, 1.165) is 45.8 Å². The molecule has 0 aliphatic carbocycles. The van der Waals surface area contributed by atoms with Crippen molar-refractivity contribution in [1.82, 2.24) is 10.2 Å². The third-order valence-electron chi connectivity index (χ3n) is 3.29. The third kappa shape index (κ3) is 12.6. The van der Waals surface area contributed by atoms with E-state index in [1.54, 1.807) is 14.2 Å². The van der Waals surface area contributed by atoms with Gasteiger partial charge in [0.1, 0.15) is 0 Å². The second-order valence-corrected chi connectivity index (χ2v) is 5.18. The minimum absolute atomic E-state index is 0.628. The molecule has 0 heterocycles. The summed E-state index contributed by atoms with van der Waals surface area (Å²) in [6.07, 6.45) is 4.80. The van der Waals surface area contributed by atoms with Crippen molar-refractivity contribution in [3.8, 4) is 0 Å².